The smallest absolute Gasteiger partial charge is 0.305 e. The highest BCUT2D eigenvalue weighted by Crippen LogP contribution is 2.16. The Morgan fingerprint density at radius 2 is 0.769 bits per heavy atom. The van der Waals surface area contributed by atoms with Gasteiger partial charge in [0.1, 0.15) is 0 Å². The monoisotopic (exact) mass is 914 g/mol. The van der Waals surface area contributed by atoms with Crippen LogP contribution in [0.1, 0.15) is 303 Å². The third-order valence-electron chi connectivity index (χ3n) is 13.2. The van der Waals surface area contributed by atoms with Gasteiger partial charge in [-0.1, -0.05) is 243 Å². The summed E-state index contributed by atoms with van der Waals surface area (Å²) in [6, 6.07) is -0.545. The van der Waals surface area contributed by atoms with E-state index in [1.54, 1.807) is 0 Å². The summed E-state index contributed by atoms with van der Waals surface area (Å²) in [7, 11) is 0. The molecule has 0 fully saturated rings. The summed E-state index contributed by atoms with van der Waals surface area (Å²) >= 11 is 0. The van der Waals surface area contributed by atoms with Gasteiger partial charge >= 0.3 is 5.97 Å². The van der Waals surface area contributed by atoms with E-state index in [1.165, 1.54) is 218 Å². The molecule has 0 rings (SSSR count). The molecule has 2 unspecified atom stereocenters. The first kappa shape index (κ1) is 63.1. The van der Waals surface area contributed by atoms with E-state index in [4.69, 9.17) is 4.74 Å². The molecule has 6 nitrogen and oxygen atoms in total. The Morgan fingerprint density at radius 3 is 1.20 bits per heavy atom. The number of carbonyl (C=O) groups excluding carboxylic acids is 2. The second-order valence-electron chi connectivity index (χ2n) is 19.6. The molecule has 0 bridgehead atoms. The predicted octanol–water partition coefficient (Wildman–Crippen LogP) is 17.6. The number of allylic oxidation sites excluding steroid dienone is 6. The number of aliphatic hydroxyl groups excluding tert-OH is 2. The molecule has 1 amide bonds. The number of rotatable bonds is 53. The van der Waals surface area contributed by atoms with Gasteiger partial charge in [0, 0.05) is 12.8 Å². The molecule has 0 aromatic carbocycles. The van der Waals surface area contributed by atoms with Crippen molar-refractivity contribution in [1.82, 2.24) is 5.32 Å². The van der Waals surface area contributed by atoms with Gasteiger partial charge in [-0.25, -0.2) is 0 Å². The Kier molecular flexibility index (Phi) is 53.1. The Bertz CT molecular complexity index is 1060. The van der Waals surface area contributed by atoms with Crippen LogP contribution in [0.25, 0.3) is 0 Å². The molecule has 3 N–H and O–H groups in total. The van der Waals surface area contributed by atoms with Crippen molar-refractivity contribution in [3.05, 3.63) is 36.5 Å². The van der Waals surface area contributed by atoms with Gasteiger partial charge in [-0.2, -0.15) is 0 Å². The van der Waals surface area contributed by atoms with Crippen LogP contribution in [0, 0.1) is 0 Å². The van der Waals surface area contributed by atoms with Crippen molar-refractivity contribution in [3.63, 3.8) is 0 Å². The number of ether oxygens (including phenoxy) is 1. The molecule has 6 heteroatoms. The second kappa shape index (κ2) is 54.7. The first-order chi connectivity index (χ1) is 32.0. The topological polar surface area (TPSA) is 95.9 Å². The molecule has 0 aliphatic heterocycles. The largest absolute Gasteiger partial charge is 0.466 e. The van der Waals surface area contributed by atoms with E-state index in [0.29, 0.717) is 25.9 Å². The maximum Gasteiger partial charge on any atom is 0.305 e. The molecule has 0 saturated carbocycles. The van der Waals surface area contributed by atoms with Crippen molar-refractivity contribution >= 4 is 11.9 Å². The predicted molar refractivity (Wildman–Crippen MR) is 283 cm³/mol. The quantitative estimate of drug-likeness (QED) is 0.0321. The molecule has 0 aromatic heterocycles. The third kappa shape index (κ3) is 51.3. The Hall–Kier alpha value is -1.92. The molecule has 0 spiro atoms. The number of carbonyl (C=O) groups is 2. The summed E-state index contributed by atoms with van der Waals surface area (Å²) in [6.07, 6.45) is 67.1. The van der Waals surface area contributed by atoms with Gasteiger partial charge in [-0.15, -0.1) is 0 Å². The second-order valence-corrected chi connectivity index (χ2v) is 19.6. The Labute approximate surface area is 404 Å². The summed E-state index contributed by atoms with van der Waals surface area (Å²) in [5.74, 6) is -0.0479. The summed E-state index contributed by atoms with van der Waals surface area (Å²) in [5.41, 5.74) is 0. The minimum absolute atomic E-state index is 0.00387. The minimum atomic E-state index is -0.667. The summed E-state index contributed by atoms with van der Waals surface area (Å²) in [4.78, 5) is 24.5. The molecule has 0 aromatic rings. The van der Waals surface area contributed by atoms with E-state index in [9.17, 15) is 19.8 Å². The molecule has 0 heterocycles. The fraction of sp³-hybridized carbons (Fsp3) is 0.864. The van der Waals surface area contributed by atoms with Crippen LogP contribution in [0.3, 0.4) is 0 Å². The number of amides is 1. The lowest BCUT2D eigenvalue weighted by molar-refractivity contribution is -0.143. The lowest BCUT2D eigenvalue weighted by Crippen LogP contribution is -2.45. The first-order valence-corrected chi connectivity index (χ1v) is 28.7. The average molecular weight is 915 g/mol. The van der Waals surface area contributed by atoms with Crippen LogP contribution in [0.15, 0.2) is 36.5 Å². The number of unbranched alkanes of at least 4 members (excludes halogenated alkanes) is 36. The van der Waals surface area contributed by atoms with Crippen molar-refractivity contribution < 1.29 is 24.5 Å². The normalized spacial score (nSPS) is 12.9. The molecule has 65 heavy (non-hydrogen) atoms. The summed E-state index contributed by atoms with van der Waals surface area (Å²) < 4.78 is 5.47. The van der Waals surface area contributed by atoms with Crippen molar-refractivity contribution in [3.8, 4) is 0 Å². The van der Waals surface area contributed by atoms with Gasteiger partial charge in [0.2, 0.25) is 5.91 Å². The van der Waals surface area contributed by atoms with Crippen molar-refractivity contribution in [2.24, 2.45) is 0 Å². The fourth-order valence-corrected chi connectivity index (χ4v) is 8.72. The first-order valence-electron chi connectivity index (χ1n) is 28.7. The highest BCUT2D eigenvalue weighted by atomic mass is 16.5. The van der Waals surface area contributed by atoms with Crippen LogP contribution in [-0.2, 0) is 14.3 Å². The molecule has 2 atom stereocenters. The van der Waals surface area contributed by atoms with Gasteiger partial charge in [0.25, 0.3) is 0 Å². The van der Waals surface area contributed by atoms with Crippen LogP contribution < -0.4 is 5.32 Å². The molecular formula is C59H111NO5. The third-order valence-corrected chi connectivity index (χ3v) is 13.2. The zero-order valence-corrected chi connectivity index (χ0v) is 43.5. The standard InChI is InChI=1S/C59H111NO5/c1-3-5-7-9-11-13-15-16-17-27-30-33-37-41-45-49-53-59(64)65-54-50-46-42-38-34-31-28-25-23-21-19-18-20-22-24-26-29-32-36-40-44-48-52-58(63)60-56(55-61)57(62)51-47-43-39-35-14-12-10-8-6-4-2/h13,15,17,20,22,27,56-57,61-62H,3-12,14,16,18-19,21,23-26,28-55H2,1-2H3,(H,60,63)/b15-13-,22-20-,27-17-. The Morgan fingerprint density at radius 1 is 0.431 bits per heavy atom. The van der Waals surface area contributed by atoms with Gasteiger partial charge in [-0.05, 0) is 83.5 Å². The fourth-order valence-electron chi connectivity index (χ4n) is 8.72. The van der Waals surface area contributed by atoms with Gasteiger partial charge in [0.05, 0.1) is 25.4 Å². The van der Waals surface area contributed by atoms with E-state index >= 15 is 0 Å². The number of aliphatic hydroxyl groups is 2. The van der Waals surface area contributed by atoms with Crippen molar-refractivity contribution in [2.45, 2.75) is 315 Å². The number of hydrogen-bond donors (Lipinski definition) is 3. The maximum atomic E-state index is 12.4. The van der Waals surface area contributed by atoms with Crippen molar-refractivity contribution in [2.75, 3.05) is 13.2 Å². The van der Waals surface area contributed by atoms with E-state index in [0.717, 1.165) is 51.4 Å². The highest BCUT2D eigenvalue weighted by Gasteiger charge is 2.20. The van der Waals surface area contributed by atoms with Crippen LogP contribution in [-0.4, -0.2) is 47.4 Å². The molecule has 0 aliphatic rings. The molecule has 0 saturated heterocycles. The van der Waals surface area contributed by atoms with Gasteiger partial charge in [0.15, 0.2) is 0 Å². The highest BCUT2D eigenvalue weighted by molar-refractivity contribution is 5.76. The zero-order chi connectivity index (χ0) is 47.2. The lowest BCUT2D eigenvalue weighted by Gasteiger charge is -2.22. The van der Waals surface area contributed by atoms with Gasteiger partial charge in [-0.3, -0.25) is 9.59 Å². The van der Waals surface area contributed by atoms with Gasteiger partial charge < -0.3 is 20.3 Å². The van der Waals surface area contributed by atoms with E-state index in [2.05, 4.69) is 55.6 Å². The lowest BCUT2D eigenvalue weighted by atomic mass is 10.0. The van der Waals surface area contributed by atoms with Crippen LogP contribution >= 0.6 is 0 Å². The minimum Gasteiger partial charge on any atom is -0.466 e. The SMILES string of the molecule is CCCCCC/C=C\C/C=C\CCCCCCCC(=O)OCCCCCCCCCCCCC/C=C\CCCCCCCCCC(=O)NC(CO)C(O)CCCCCCCCCCCC. The number of esters is 1. The molecule has 0 aliphatic carbocycles. The van der Waals surface area contributed by atoms with E-state index < -0.39 is 12.1 Å². The van der Waals surface area contributed by atoms with Crippen molar-refractivity contribution in [1.29, 1.82) is 0 Å². The number of hydrogen-bond acceptors (Lipinski definition) is 5. The molecule has 0 radical (unpaired) electrons. The molecule has 382 valence electrons. The summed E-state index contributed by atoms with van der Waals surface area (Å²) in [6.45, 7) is 4.91. The molecular weight excluding hydrogens is 803 g/mol. The Balaban J connectivity index is 3.40. The van der Waals surface area contributed by atoms with Crippen LogP contribution in [0.4, 0.5) is 0 Å². The average Bonchev–Trinajstić information content (AvgIpc) is 3.31. The van der Waals surface area contributed by atoms with Crippen LogP contribution in [0.2, 0.25) is 0 Å². The zero-order valence-electron chi connectivity index (χ0n) is 43.5. The van der Waals surface area contributed by atoms with Crippen LogP contribution in [0.5, 0.6) is 0 Å². The van der Waals surface area contributed by atoms with E-state index in [-0.39, 0.29) is 18.5 Å². The number of nitrogens with one attached hydrogen (secondary N) is 1. The van der Waals surface area contributed by atoms with E-state index in [1.807, 2.05) is 0 Å². The maximum absolute atomic E-state index is 12.4. The summed E-state index contributed by atoms with van der Waals surface area (Å²) in [5, 5.41) is 23.1.